The fraction of sp³-hybridized carbons (Fsp3) is 0.370. The maximum absolute atomic E-state index is 13.1. The van der Waals surface area contributed by atoms with E-state index in [4.69, 9.17) is 9.72 Å². The minimum atomic E-state index is -0.204. The summed E-state index contributed by atoms with van der Waals surface area (Å²) in [6.07, 6.45) is 4.91. The van der Waals surface area contributed by atoms with Gasteiger partial charge in [-0.25, -0.2) is 4.39 Å². The summed E-state index contributed by atoms with van der Waals surface area (Å²) in [4.78, 5) is 7.21. The van der Waals surface area contributed by atoms with Gasteiger partial charge in [-0.05, 0) is 86.3 Å². The molecule has 3 aromatic rings. The molecule has 1 N–H and O–H groups in total. The van der Waals surface area contributed by atoms with E-state index in [1.165, 1.54) is 17.7 Å². The summed E-state index contributed by atoms with van der Waals surface area (Å²) in [5.74, 6) is 1.05. The van der Waals surface area contributed by atoms with Crippen molar-refractivity contribution in [3.63, 3.8) is 0 Å². The van der Waals surface area contributed by atoms with Crippen LogP contribution in [0.2, 0.25) is 0 Å². The molecular formula is C27H31FN2O2. The molecule has 0 bridgehead atoms. The normalized spacial score (nSPS) is 15.1. The van der Waals surface area contributed by atoms with Crippen molar-refractivity contribution in [1.29, 1.82) is 0 Å². The Morgan fingerprint density at radius 2 is 1.72 bits per heavy atom. The van der Waals surface area contributed by atoms with Gasteiger partial charge in [-0.1, -0.05) is 24.3 Å². The first-order chi connectivity index (χ1) is 15.6. The Kier molecular flexibility index (Phi) is 7.51. The maximum Gasteiger partial charge on any atom is 0.124 e. The van der Waals surface area contributed by atoms with Crippen LogP contribution in [0.5, 0.6) is 5.75 Å². The number of benzene rings is 2. The number of hydrogen-bond acceptors (Lipinski definition) is 4. The van der Waals surface area contributed by atoms with Crippen molar-refractivity contribution < 1.29 is 14.2 Å². The van der Waals surface area contributed by atoms with Crippen molar-refractivity contribution in [3.05, 3.63) is 94.6 Å². The molecule has 1 aliphatic rings. The van der Waals surface area contributed by atoms with Crippen LogP contribution in [0.1, 0.15) is 53.6 Å². The third kappa shape index (κ3) is 5.72. The Hall–Kier alpha value is -2.76. The molecule has 0 radical (unpaired) electrons. The lowest BCUT2D eigenvalue weighted by atomic mass is 9.92. The minimum absolute atomic E-state index is 0.00588. The van der Waals surface area contributed by atoms with Gasteiger partial charge in [0.2, 0.25) is 0 Å². The molecule has 0 amide bonds. The van der Waals surface area contributed by atoms with Crippen LogP contribution in [-0.2, 0) is 19.6 Å². The fourth-order valence-electron chi connectivity index (χ4n) is 4.42. The van der Waals surface area contributed by atoms with E-state index in [9.17, 15) is 9.50 Å². The van der Waals surface area contributed by atoms with Crippen LogP contribution in [-0.4, -0.2) is 34.7 Å². The van der Waals surface area contributed by atoms with Crippen molar-refractivity contribution in [2.24, 2.45) is 0 Å². The van der Waals surface area contributed by atoms with E-state index < -0.39 is 0 Å². The highest BCUT2D eigenvalue weighted by atomic mass is 19.1. The van der Waals surface area contributed by atoms with Crippen molar-refractivity contribution in [2.45, 2.75) is 45.3 Å². The van der Waals surface area contributed by atoms with E-state index in [0.29, 0.717) is 12.5 Å². The van der Waals surface area contributed by atoms with Crippen LogP contribution >= 0.6 is 0 Å². The molecule has 1 aliphatic heterocycles. The van der Waals surface area contributed by atoms with Gasteiger partial charge in [0, 0.05) is 29.9 Å². The molecule has 0 aliphatic carbocycles. The number of pyridine rings is 1. The summed E-state index contributed by atoms with van der Waals surface area (Å²) in [5, 5.41) is 9.63. The summed E-state index contributed by atoms with van der Waals surface area (Å²) in [6.45, 7) is 5.50. The Bertz CT molecular complexity index is 997. The van der Waals surface area contributed by atoms with E-state index >= 15 is 0 Å². The average Bonchev–Trinajstić information content (AvgIpc) is 2.83. The maximum atomic E-state index is 13.1. The first kappa shape index (κ1) is 22.4. The quantitative estimate of drug-likeness (QED) is 0.537. The van der Waals surface area contributed by atoms with Crippen molar-refractivity contribution >= 4 is 0 Å². The first-order valence-electron chi connectivity index (χ1n) is 11.4. The number of likely N-dealkylation sites (tertiary alicyclic amines) is 1. The molecule has 0 saturated carbocycles. The number of ether oxygens (including phenoxy) is 1. The predicted octanol–water partition coefficient (Wildman–Crippen LogP) is 5.08. The number of hydrogen-bond donors (Lipinski definition) is 1. The van der Waals surface area contributed by atoms with Crippen LogP contribution in [0.4, 0.5) is 4.39 Å². The number of aliphatic hydroxyl groups excluding tert-OH is 1. The van der Waals surface area contributed by atoms with Gasteiger partial charge in [-0.15, -0.1) is 0 Å². The summed E-state index contributed by atoms with van der Waals surface area (Å²) in [6, 6.07) is 17.1. The Morgan fingerprint density at radius 3 is 2.38 bits per heavy atom. The van der Waals surface area contributed by atoms with Gasteiger partial charge in [-0.2, -0.15) is 0 Å². The first-order valence-corrected chi connectivity index (χ1v) is 11.4. The Morgan fingerprint density at radius 1 is 1.00 bits per heavy atom. The van der Waals surface area contributed by atoms with E-state index in [2.05, 4.69) is 29.2 Å². The van der Waals surface area contributed by atoms with Crippen LogP contribution in [0.3, 0.4) is 0 Å². The highest BCUT2D eigenvalue weighted by molar-refractivity contribution is 5.37. The van der Waals surface area contributed by atoms with Crippen LogP contribution < -0.4 is 4.74 Å². The zero-order valence-corrected chi connectivity index (χ0v) is 18.6. The largest absolute Gasteiger partial charge is 0.494 e. The Balaban J connectivity index is 1.30. The second-order valence-electron chi connectivity index (χ2n) is 8.48. The SMILES string of the molecule is CCOc1ccc(CN2CCC(c3ccc(Cc4ccc(F)cc4)cn3)CC2)cc1CO. The van der Waals surface area contributed by atoms with Crippen molar-refractivity contribution in [1.82, 2.24) is 9.88 Å². The average molecular weight is 435 g/mol. The number of nitrogens with zero attached hydrogens (tertiary/aromatic N) is 2. The number of aliphatic hydroxyl groups is 1. The van der Waals surface area contributed by atoms with Crippen LogP contribution in [0.25, 0.3) is 0 Å². The van der Waals surface area contributed by atoms with E-state index in [1.54, 1.807) is 0 Å². The highest BCUT2D eigenvalue weighted by Gasteiger charge is 2.22. The van der Waals surface area contributed by atoms with Gasteiger partial charge in [0.05, 0.1) is 13.2 Å². The van der Waals surface area contributed by atoms with Crippen molar-refractivity contribution in [3.8, 4) is 5.75 Å². The smallest absolute Gasteiger partial charge is 0.124 e. The molecule has 0 unspecified atom stereocenters. The molecule has 4 rings (SSSR count). The molecule has 0 spiro atoms. The fourth-order valence-corrected chi connectivity index (χ4v) is 4.42. The van der Waals surface area contributed by atoms with Gasteiger partial charge in [0.1, 0.15) is 11.6 Å². The molecule has 32 heavy (non-hydrogen) atoms. The number of halogens is 1. The van der Waals surface area contributed by atoms with Crippen molar-refractivity contribution in [2.75, 3.05) is 19.7 Å². The van der Waals surface area contributed by atoms with Crippen LogP contribution in [0.15, 0.2) is 60.8 Å². The minimum Gasteiger partial charge on any atom is -0.494 e. The van der Waals surface area contributed by atoms with Gasteiger partial charge in [0.15, 0.2) is 0 Å². The second kappa shape index (κ2) is 10.7. The predicted molar refractivity (Wildman–Crippen MR) is 124 cm³/mol. The number of rotatable bonds is 8. The lowest BCUT2D eigenvalue weighted by molar-refractivity contribution is 0.203. The molecule has 1 saturated heterocycles. The number of aromatic nitrogens is 1. The summed E-state index contributed by atoms with van der Waals surface area (Å²) < 4.78 is 18.7. The lowest BCUT2D eigenvalue weighted by Crippen LogP contribution is -2.32. The van der Waals surface area contributed by atoms with Gasteiger partial charge in [-0.3, -0.25) is 9.88 Å². The summed E-state index contributed by atoms with van der Waals surface area (Å²) >= 11 is 0. The van der Waals surface area contributed by atoms with Gasteiger partial charge >= 0.3 is 0 Å². The zero-order chi connectivity index (χ0) is 22.3. The molecule has 2 aromatic carbocycles. The summed E-state index contributed by atoms with van der Waals surface area (Å²) in [5.41, 5.74) is 5.46. The van der Waals surface area contributed by atoms with Gasteiger partial charge in [0.25, 0.3) is 0 Å². The van der Waals surface area contributed by atoms with E-state index in [1.807, 2.05) is 31.3 Å². The van der Waals surface area contributed by atoms with E-state index in [0.717, 1.165) is 67.0 Å². The Labute approximate surface area is 189 Å². The topological polar surface area (TPSA) is 45.6 Å². The monoisotopic (exact) mass is 434 g/mol. The van der Waals surface area contributed by atoms with E-state index in [-0.39, 0.29) is 12.4 Å². The molecular weight excluding hydrogens is 403 g/mol. The lowest BCUT2D eigenvalue weighted by Gasteiger charge is -2.32. The molecule has 168 valence electrons. The highest BCUT2D eigenvalue weighted by Crippen LogP contribution is 2.28. The molecule has 1 fully saturated rings. The van der Waals surface area contributed by atoms with Gasteiger partial charge < -0.3 is 9.84 Å². The molecule has 2 heterocycles. The third-order valence-electron chi connectivity index (χ3n) is 6.18. The standard InChI is InChI=1S/C27H31FN2O2/c1-2-32-27-10-6-22(16-24(27)19-31)18-30-13-11-23(12-14-30)26-9-5-21(17-29-26)15-20-3-7-25(28)8-4-20/h3-10,16-17,23,31H,2,11-15,18-19H2,1H3. The third-order valence-corrected chi connectivity index (χ3v) is 6.18. The molecule has 5 heteroatoms. The zero-order valence-electron chi connectivity index (χ0n) is 18.6. The molecule has 1 aromatic heterocycles. The second-order valence-corrected chi connectivity index (χ2v) is 8.48. The molecule has 0 atom stereocenters. The van der Waals surface area contributed by atoms with Crippen LogP contribution in [0, 0.1) is 5.82 Å². The number of piperidine rings is 1. The summed E-state index contributed by atoms with van der Waals surface area (Å²) in [7, 11) is 0. The molecule has 4 nitrogen and oxygen atoms in total.